The van der Waals surface area contributed by atoms with Crippen LogP contribution in [-0.4, -0.2) is 29.9 Å². The van der Waals surface area contributed by atoms with Gasteiger partial charge in [0.2, 0.25) is 0 Å². The topological polar surface area (TPSA) is 29.5 Å². The van der Waals surface area contributed by atoms with Gasteiger partial charge in [0.05, 0.1) is 12.5 Å². The van der Waals surface area contributed by atoms with E-state index in [-0.39, 0.29) is 11.8 Å². The maximum Gasteiger partial charge on any atom is 0.254 e. The molecule has 1 saturated heterocycles. The molecule has 90 valence electrons. The number of hydrogen-bond donors (Lipinski definition) is 0. The van der Waals surface area contributed by atoms with Crippen LogP contribution < -0.4 is 0 Å². The van der Waals surface area contributed by atoms with E-state index in [1.54, 1.807) is 16.8 Å². The van der Waals surface area contributed by atoms with E-state index in [1.165, 1.54) is 4.90 Å². The second-order valence-electron chi connectivity index (χ2n) is 4.38. The smallest absolute Gasteiger partial charge is 0.254 e. The molecule has 1 aromatic rings. The molecule has 0 radical (unpaired) electrons. The van der Waals surface area contributed by atoms with Gasteiger partial charge in [-0.05, 0) is 24.5 Å². The second-order valence-corrected chi connectivity index (χ2v) is 5.44. The van der Waals surface area contributed by atoms with Crippen molar-refractivity contribution in [1.29, 1.82) is 0 Å². The van der Waals surface area contributed by atoms with Crippen molar-refractivity contribution in [1.82, 2.24) is 5.06 Å². The molecule has 4 heteroatoms. The van der Waals surface area contributed by atoms with Crippen LogP contribution in [0.1, 0.15) is 24.3 Å². The number of fused-ring (bicyclic) bond motifs is 1. The molecule has 0 N–H and O–H groups in total. The average molecular weight is 249 g/mol. The first-order chi connectivity index (χ1) is 8.36. The van der Waals surface area contributed by atoms with Crippen molar-refractivity contribution in [3.05, 3.63) is 29.8 Å². The van der Waals surface area contributed by atoms with Crippen molar-refractivity contribution < 1.29 is 9.63 Å². The number of carbonyl (C=O) groups excluding carboxylic acids is 1. The van der Waals surface area contributed by atoms with Crippen LogP contribution in [0.3, 0.4) is 0 Å². The second kappa shape index (κ2) is 4.70. The molecule has 2 aliphatic rings. The molecular formula is C13H15NO2S. The molecule has 17 heavy (non-hydrogen) atoms. The van der Waals surface area contributed by atoms with Crippen molar-refractivity contribution in [2.45, 2.75) is 23.7 Å². The number of carbonyl (C=O) groups is 1. The normalized spacial score (nSPS) is 23.5. The third-order valence-electron chi connectivity index (χ3n) is 3.25. The lowest BCUT2D eigenvalue weighted by molar-refractivity contribution is -0.198. The summed E-state index contributed by atoms with van der Waals surface area (Å²) in [7, 11) is 0. The van der Waals surface area contributed by atoms with E-state index < -0.39 is 0 Å². The third-order valence-corrected chi connectivity index (χ3v) is 4.43. The van der Waals surface area contributed by atoms with Crippen molar-refractivity contribution in [2.24, 2.45) is 0 Å². The van der Waals surface area contributed by atoms with Crippen LogP contribution >= 0.6 is 11.8 Å². The van der Waals surface area contributed by atoms with E-state index in [1.807, 2.05) is 12.1 Å². The molecule has 3 rings (SSSR count). The van der Waals surface area contributed by atoms with E-state index in [0.29, 0.717) is 6.61 Å². The van der Waals surface area contributed by atoms with Gasteiger partial charge in [-0.2, -0.15) is 0 Å². The Balaban J connectivity index is 1.79. The molecule has 2 heterocycles. The first kappa shape index (κ1) is 11.1. The number of nitrogens with zero attached hydrogens (tertiary/aromatic N) is 1. The standard InChI is InChI=1S/C13H15NO2S/c15-13(14-7-3-4-8-16-14)11-9-17-12-6-2-1-5-10(11)12/h1-2,5-6,11H,3-4,7-9H2. The molecule has 1 fully saturated rings. The highest BCUT2D eigenvalue weighted by atomic mass is 32.2. The van der Waals surface area contributed by atoms with Gasteiger partial charge in [0.1, 0.15) is 0 Å². The minimum Gasteiger partial charge on any atom is -0.272 e. The van der Waals surface area contributed by atoms with E-state index in [9.17, 15) is 4.79 Å². The number of benzene rings is 1. The predicted octanol–water partition coefficient (Wildman–Crippen LogP) is 2.43. The van der Waals surface area contributed by atoms with Gasteiger partial charge in [-0.1, -0.05) is 18.2 Å². The quantitative estimate of drug-likeness (QED) is 0.765. The van der Waals surface area contributed by atoms with Gasteiger partial charge in [0.25, 0.3) is 5.91 Å². The van der Waals surface area contributed by atoms with Crippen LogP contribution in [-0.2, 0) is 9.63 Å². The van der Waals surface area contributed by atoms with Crippen LogP contribution in [0.5, 0.6) is 0 Å². The molecule has 1 unspecified atom stereocenters. The summed E-state index contributed by atoms with van der Waals surface area (Å²) in [5.41, 5.74) is 1.16. The highest BCUT2D eigenvalue weighted by Gasteiger charge is 2.33. The first-order valence-electron chi connectivity index (χ1n) is 6.02. The van der Waals surface area contributed by atoms with Gasteiger partial charge in [-0.25, -0.2) is 5.06 Å². The summed E-state index contributed by atoms with van der Waals surface area (Å²) >= 11 is 1.77. The van der Waals surface area contributed by atoms with E-state index in [2.05, 4.69) is 12.1 Å². The first-order valence-corrected chi connectivity index (χ1v) is 7.01. The van der Waals surface area contributed by atoms with Crippen LogP contribution in [0.4, 0.5) is 0 Å². The van der Waals surface area contributed by atoms with E-state index >= 15 is 0 Å². The van der Waals surface area contributed by atoms with Gasteiger partial charge in [0.15, 0.2) is 0 Å². The van der Waals surface area contributed by atoms with Crippen molar-refractivity contribution in [2.75, 3.05) is 18.9 Å². The Kier molecular flexibility index (Phi) is 3.07. The van der Waals surface area contributed by atoms with Crippen molar-refractivity contribution >= 4 is 17.7 Å². The summed E-state index contributed by atoms with van der Waals surface area (Å²) in [5, 5.41) is 1.57. The Morgan fingerprint density at radius 3 is 3.06 bits per heavy atom. The minimum atomic E-state index is -0.0192. The zero-order valence-electron chi connectivity index (χ0n) is 9.59. The number of amides is 1. The molecule has 1 amide bonds. The number of hydroxylamine groups is 2. The lowest BCUT2D eigenvalue weighted by atomic mass is 10.0. The fraction of sp³-hybridized carbons (Fsp3) is 0.462. The van der Waals surface area contributed by atoms with Crippen molar-refractivity contribution in [3.8, 4) is 0 Å². The van der Waals surface area contributed by atoms with E-state index in [0.717, 1.165) is 30.7 Å². The molecule has 2 aliphatic heterocycles. The zero-order valence-corrected chi connectivity index (χ0v) is 10.4. The Labute approximate surface area is 105 Å². The van der Waals surface area contributed by atoms with Gasteiger partial charge >= 0.3 is 0 Å². The number of rotatable bonds is 1. The molecule has 0 aromatic heterocycles. The van der Waals surface area contributed by atoms with Crippen LogP contribution in [0.25, 0.3) is 0 Å². The molecule has 1 aromatic carbocycles. The van der Waals surface area contributed by atoms with Crippen LogP contribution in [0.15, 0.2) is 29.2 Å². The monoisotopic (exact) mass is 249 g/mol. The van der Waals surface area contributed by atoms with Gasteiger partial charge in [-0.3, -0.25) is 9.63 Å². The molecule has 0 spiro atoms. The molecule has 0 aliphatic carbocycles. The number of thioether (sulfide) groups is 1. The summed E-state index contributed by atoms with van der Waals surface area (Å²) in [6, 6.07) is 8.17. The largest absolute Gasteiger partial charge is 0.272 e. The predicted molar refractivity (Wildman–Crippen MR) is 66.8 cm³/mol. The van der Waals surface area contributed by atoms with Crippen LogP contribution in [0, 0.1) is 0 Å². The molecule has 0 bridgehead atoms. The average Bonchev–Trinajstić information content (AvgIpc) is 2.83. The van der Waals surface area contributed by atoms with Gasteiger partial charge < -0.3 is 0 Å². The molecule has 0 saturated carbocycles. The molecule has 1 atom stereocenters. The SMILES string of the molecule is O=C(C1CSc2ccccc21)N1CCCCO1. The van der Waals surface area contributed by atoms with Gasteiger partial charge in [0, 0.05) is 17.2 Å². The Morgan fingerprint density at radius 2 is 2.24 bits per heavy atom. The fourth-order valence-corrected chi connectivity index (χ4v) is 3.53. The summed E-state index contributed by atoms with van der Waals surface area (Å²) < 4.78 is 0. The highest BCUT2D eigenvalue weighted by Crippen LogP contribution is 2.40. The van der Waals surface area contributed by atoms with Gasteiger partial charge in [-0.15, -0.1) is 11.8 Å². The van der Waals surface area contributed by atoms with Crippen LogP contribution in [0.2, 0.25) is 0 Å². The lowest BCUT2D eigenvalue weighted by Crippen LogP contribution is -2.39. The summed E-state index contributed by atoms with van der Waals surface area (Å²) in [4.78, 5) is 19.0. The maximum absolute atomic E-state index is 12.4. The van der Waals surface area contributed by atoms with E-state index in [4.69, 9.17) is 4.84 Å². The Hall–Kier alpha value is -1.00. The lowest BCUT2D eigenvalue weighted by Gasteiger charge is -2.28. The summed E-state index contributed by atoms with van der Waals surface area (Å²) in [5.74, 6) is 0.953. The Morgan fingerprint density at radius 1 is 1.35 bits per heavy atom. The fourth-order valence-electron chi connectivity index (χ4n) is 2.31. The van der Waals surface area contributed by atoms with Crippen molar-refractivity contribution in [3.63, 3.8) is 0 Å². The third kappa shape index (κ3) is 2.07. The maximum atomic E-state index is 12.4. The summed E-state index contributed by atoms with van der Waals surface area (Å²) in [6.07, 6.45) is 2.10. The minimum absolute atomic E-state index is 0.0192. The highest BCUT2D eigenvalue weighted by molar-refractivity contribution is 7.99. The molecular weight excluding hydrogens is 234 g/mol. The molecule has 3 nitrogen and oxygen atoms in total. The number of hydrogen-bond acceptors (Lipinski definition) is 3. The Bertz CT molecular complexity index is 429. The zero-order chi connectivity index (χ0) is 11.7. The summed E-state index contributed by atoms with van der Waals surface area (Å²) in [6.45, 7) is 1.41.